The zero-order valence-electron chi connectivity index (χ0n) is 14.0. The second-order valence-electron chi connectivity index (χ2n) is 5.23. The number of ketones is 1. The molecule has 0 bridgehead atoms. The number of hydrogen-bond acceptors (Lipinski definition) is 6. The predicted molar refractivity (Wildman–Crippen MR) is 89.8 cm³/mol. The topological polar surface area (TPSA) is 85.5 Å². The van der Waals surface area contributed by atoms with Crippen LogP contribution >= 0.6 is 11.3 Å². The van der Waals surface area contributed by atoms with Crippen molar-refractivity contribution in [2.45, 2.75) is 33.8 Å². The number of carbonyl (C=O) groups is 3. The quantitative estimate of drug-likeness (QED) is 0.639. The summed E-state index contributed by atoms with van der Waals surface area (Å²) in [5.41, 5.74) is 1.64. The summed E-state index contributed by atoms with van der Waals surface area (Å²) in [7, 11) is 0. The molecule has 0 saturated carbocycles. The van der Waals surface area contributed by atoms with Crippen molar-refractivity contribution < 1.29 is 23.9 Å². The van der Waals surface area contributed by atoms with Crippen molar-refractivity contribution in [1.29, 1.82) is 0 Å². The van der Waals surface area contributed by atoms with Crippen LogP contribution < -0.4 is 0 Å². The van der Waals surface area contributed by atoms with E-state index in [9.17, 15) is 14.4 Å². The number of aromatic amines is 1. The first-order chi connectivity index (χ1) is 11.4. The highest BCUT2D eigenvalue weighted by molar-refractivity contribution is 7.11. The Labute approximate surface area is 143 Å². The van der Waals surface area contributed by atoms with Crippen LogP contribution in [0.25, 0.3) is 0 Å². The summed E-state index contributed by atoms with van der Waals surface area (Å²) in [6, 6.07) is 3.37. The molecule has 0 aliphatic rings. The molecule has 0 radical (unpaired) electrons. The number of aromatic nitrogens is 1. The minimum absolute atomic E-state index is 0.251. The summed E-state index contributed by atoms with van der Waals surface area (Å²) >= 11 is 1.24. The fourth-order valence-electron chi connectivity index (χ4n) is 2.38. The molecule has 7 heteroatoms. The second kappa shape index (κ2) is 7.44. The highest BCUT2D eigenvalue weighted by atomic mass is 32.1. The van der Waals surface area contributed by atoms with Gasteiger partial charge in [-0.1, -0.05) is 6.07 Å². The Morgan fingerprint density at radius 1 is 1.25 bits per heavy atom. The zero-order chi connectivity index (χ0) is 17.9. The molecule has 128 valence electrons. The second-order valence-corrected chi connectivity index (χ2v) is 6.18. The Kier molecular flexibility index (Phi) is 5.56. The highest BCUT2D eigenvalue weighted by Crippen LogP contribution is 2.21. The maximum atomic E-state index is 12.6. The molecule has 0 saturated heterocycles. The minimum Gasteiger partial charge on any atom is -0.462 e. The van der Waals surface area contributed by atoms with Crippen LogP contribution in [0, 0.1) is 13.8 Å². The van der Waals surface area contributed by atoms with Crippen LogP contribution in [0.2, 0.25) is 0 Å². The van der Waals surface area contributed by atoms with Crippen molar-refractivity contribution >= 4 is 29.1 Å². The number of carbonyl (C=O) groups excluding carboxylic acids is 3. The van der Waals surface area contributed by atoms with E-state index in [1.54, 1.807) is 38.3 Å². The number of aryl methyl sites for hydroxylation is 1. The van der Waals surface area contributed by atoms with E-state index in [1.165, 1.54) is 18.3 Å². The maximum Gasteiger partial charge on any atom is 0.349 e. The molecule has 2 rings (SSSR count). The van der Waals surface area contributed by atoms with Crippen LogP contribution in [-0.4, -0.2) is 35.4 Å². The SMILES string of the molecule is CCOC(=O)c1c(C)[nH]c(C(=O)C(C)OC(=O)c2cccs2)c1C. The van der Waals surface area contributed by atoms with E-state index in [0.717, 1.165) is 0 Å². The van der Waals surface area contributed by atoms with Gasteiger partial charge in [0, 0.05) is 5.69 Å². The van der Waals surface area contributed by atoms with Gasteiger partial charge in [0.1, 0.15) is 4.88 Å². The van der Waals surface area contributed by atoms with Crippen molar-refractivity contribution in [1.82, 2.24) is 4.98 Å². The maximum absolute atomic E-state index is 12.6. The van der Waals surface area contributed by atoms with Gasteiger partial charge in [-0.15, -0.1) is 11.3 Å². The summed E-state index contributed by atoms with van der Waals surface area (Å²) < 4.78 is 10.2. The van der Waals surface area contributed by atoms with Crippen molar-refractivity contribution in [3.8, 4) is 0 Å². The van der Waals surface area contributed by atoms with Gasteiger partial charge in [0.2, 0.25) is 5.78 Å². The Morgan fingerprint density at radius 2 is 1.96 bits per heavy atom. The largest absolute Gasteiger partial charge is 0.462 e. The third-order valence-corrected chi connectivity index (χ3v) is 4.39. The number of thiophene rings is 1. The van der Waals surface area contributed by atoms with E-state index in [2.05, 4.69) is 4.98 Å². The molecule has 1 atom stereocenters. The zero-order valence-corrected chi connectivity index (χ0v) is 14.8. The number of hydrogen-bond donors (Lipinski definition) is 1. The van der Waals surface area contributed by atoms with Gasteiger partial charge in [0.05, 0.1) is 17.9 Å². The first-order valence-corrected chi connectivity index (χ1v) is 8.39. The number of esters is 2. The molecule has 0 amide bonds. The van der Waals surface area contributed by atoms with Crippen LogP contribution in [0.15, 0.2) is 17.5 Å². The Bertz CT molecular complexity index is 760. The molecule has 0 aromatic carbocycles. The minimum atomic E-state index is -0.966. The third kappa shape index (κ3) is 3.56. The molecule has 0 spiro atoms. The average molecular weight is 349 g/mol. The number of H-pyrrole nitrogens is 1. The van der Waals surface area contributed by atoms with Gasteiger partial charge in [-0.25, -0.2) is 9.59 Å². The number of rotatable bonds is 6. The van der Waals surface area contributed by atoms with E-state index < -0.39 is 23.8 Å². The molecular weight excluding hydrogens is 330 g/mol. The summed E-state index contributed by atoms with van der Waals surface area (Å²) in [5.74, 6) is -1.42. The standard InChI is InChI=1S/C17H19NO5S/c1-5-22-17(21)13-9(2)14(18-10(13)3)15(19)11(4)23-16(20)12-7-6-8-24-12/h6-8,11,18H,5H2,1-4H3. The fourth-order valence-corrected chi connectivity index (χ4v) is 2.98. The highest BCUT2D eigenvalue weighted by Gasteiger charge is 2.27. The van der Waals surface area contributed by atoms with E-state index in [-0.39, 0.29) is 12.3 Å². The lowest BCUT2D eigenvalue weighted by molar-refractivity contribution is 0.0321. The fraction of sp³-hybridized carbons (Fsp3) is 0.353. The smallest absolute Gasteiger partial charge is 0.349 e. The Hall–Kier alpha value is -2.41. The molecule has 0 aliphatic heterocycles. The number of Topliss-reactive ketones (excluding diaryl/α,β-unsaturated/α-hetero) is 1. The lowest BCUT2D eigenvalue weighted by Crippen LogP contribution is -2.25. The number of nitrogens with one attached hydrogen (secondary N) is 1. The van der Waals surface area contributed by atoms with Gasteiger partial charge < -0.3 is 14.5 Å². The van der Waals surface area contributed by atoms with Gasteiger partial charge in [-0.3, -0.25) is 4.79 Å². The van der Waals surface area contributed by atoms with E-state index in [1.807, 2.05) is 0 Å². The van der Waals surface area contributed by atoms with Gasteiger partial charge in [-0.05, 0) is 44.7 Å². The summed E-state index contributed by atoms with van der Waals surface area (Å²) in [4.78, 5) is 39.8. The lowest BCUT2D eigenvalue weighted by atomic mass is 10.1. The van der Waals surface area contributed by atoms with Crippen molar-refractivity contribution in [3.63, 3.8) is 0 Å². The predicted octanol–water partition coefficient (Wildman–Crippen LogP) is 3.30. The molecular formula is C17H19NO5S. The molecule has 24 heavy (non-hydrogen) atoms. The molecule has 0 aliphatic carbocycles. The van der Waals surface area contributed by atoms with Crippen molar-refractivity contribution in [2.75, 3.05) is 6.61 Å². The van der Waals surface area contributed by atoms with Crippen LogP contribution in [-0.2, 0) is 9.47 Å². The van der Waals surface area contributed by atoms with Gasteiger partial charge in [0.25, 0.3) is 0 Å². The van der Waals surface area contributed by atoms with Crippen LogP contribution in [0.5, 0.6) is 0 Å². The van der Waals surface area contributed by atoms with Gasteiger partial charge >= 0.3 is 11.9 Å². The Balaban J connectivity index is 2.19. The third-order valence-electron chi connectivity index (χ3n) is 3.54. The first kappa shape index (κ1) is 17.9. The van der Waals surface area contributed by atoms with E-state index in [0.29, 0.717) is 21.7 Å². The van der Waals surface area contributed by atoms with E-state index in [4.69, 9.17) is 9.47 Å². The van der Waals surface area contributed by atoms with Crippen molar-refractivity contribution in [2.24, 2.45) is 0 Å². The normalized spacial score (nSPS) is 11.8. The number of ether oxygens (including phenoxy) is 2. The molecule has 6 nitrogen and oxygen atoms in total. The molecule has 2 aromatic heterocycles. The summed E-state index contributed by atoms with van der Waals surface area (Å²) in [6.45, 7) is 6.83. The van der Waals surface area contributed by atoms with E-state index >= 15 is 0 Å². The first-order valence-electron chi connectivity index (χ1n) is 7.51. The monoisotopic (exact) mass is 349 g/mol. The van der Waals surface area contributed by atoms with Crippen molar-refractivity contribution in [3.05, 3.63) is 44.9 Å². The van der Waals surface area contributed by atoms with Gasteiger partial charge in [-0.2, -0.15) is 0 Å². The van der Waals surface area contributed by atoms with Crippen LogP contribution in [0.4, 0.5) is 0 Å². The summed E-state index contributed by atoms with van der Waals surface area (Å²) in [5, 5.41) is 1.76. The lowest BCUT2D eigenvalue weighted by Gasteiger charge is -2.11. The van der Waals surface area contributed by atoms with Gasteiger partial charge in [0.15, 0.2) is 6.10 Å². The Morgan fingerprint density at radius 3 is 2.54 bits per heavy atom. The molecule has 1 unspecified atom stereocenters. The van der Waals surface area contributed by atoms with Crippen LogP contribution in [0.3, 0.4) is 0 Å². The molecule has 0 fully saturated rings. The molecule has 1 N–H and O–H groups in total. The van der Waals surface area contributed by atoms with Crippen LogP contribution in [0.1, 0.15) is 55.6 Å². The summed E-state index contributed by atoms with van der Waals surface area (Å²) in [6.07, 6.45) is -0.966. The average Bonchev–Trinajstić information content (AvgIpc) is 3.15. The molecule has 2 heterocycles. The molecule has 2 aromatic rings.